The molecule has 0 saturated carbocycles. The van der Waals surface area contributed by atoms with Crippen LogP contribution in [0.25, 0.3) is 0 Å². The zero-order valence-corrected chi connectivity index (χ0v) is 18.8. The molecule has 0 bridgehead atoms. The standard InChI is InChI=1S/C22H21ClN4O2.H2S/c1-13-8-16(9-14(2)25-13)20(28)10-17-11-24-27-15(3)12-26(22(29)21(17)27)19-6-4-18(23)5-7-19;/h4-9,11,15H,10,12H2,1-3H3;1H2/t15-;/m0./s1. The SMILES string of the molecule is Cc1cc(C(=O)Cc2cnn3c2C(=O)N(c2ccc(Cl)cc2)C[C@@H]3C)cc(C)n1.S. The van der Waals surface area contributed by atoms with Gasteiger partial charge < -0.3 is 4.90 Å². The lowest BCUT2D eigenvalue weighted by atomic mass is 10.0. The lowest BCUT2D eigenvalue weighted by molar-refractivity contribution is 0.0951. The Balaban J connectivity index is 0.00000256. The molecule has 3 heterocycles. The number of anilines is 1. The normalized spacial score (nSPS) is 15.5. The van der Waals surface area contributed by atoms with Crippen molar-refractivity contribution < 1.29 is 9.59 Å². The number of Topliss-reactive ketones (excluding diaryl/α,β-unsaturated/α-hetero) is 1. The molecule has 1 aromatic carbocycles. The minimum atomic E-state index is -0.159. The highest BCUT2D eigenvalue weighted by molar-refractivity contribution is 7.59. The van der Waals surface area contributed by atoms with E-state index < -0.39 is 0 Å². The van der Waals surface area contributed by atoms with Gasteiger partial charge in [0.2, 0.25) is 0 Å². The summed E-state index contributed by atoms with van der Waals surface area (Å²) in [6.07, 6.45) is 1.75. The number of nitrogens with zero attached hydrogens (tertiary/aromatic N) is 4. The molecule has 4 rings (SSSR count). The first-order chi connectivity index (χ1) is 13.8. The van der Waals surface area contributed by atoms with Crippen molar-refractivity contribution in [2.45, 2.75) is 33.2 Å². The fourth-order valence-electron chi connectivity index (χ4n) is 3.76. The molecule has 1 aliphatic rings. The van der Waals surface area contributed by atoms with Crippen LogP contribution in [-0.2, 0) is 6.42 Å². The van der Waals surface area contributed by atoms with Crippen LogP contribution < -0.4 is 4.90 Å². The third-order valence-electron chi connectivity index (χ3n) is 5.08. The number of rotatable bonds is 4. The molecule has 0 spiro atoms. The maximum Gasteiger partial charge on any atom is 0.276 e. The van der Waals surface area contributed by atoms with Gasteiger partial charge >= 0.3 is 0 Å². The van der Waals surface area contributed by atoms with Crippen molar-refractivity contribution in [1.29, 1.82) is 0 Å². The molecule has 0 unspecified atom stereocenters. The van der Waals surface area contributed by atoms with Gasteiger partial charge in [0.05, 0.1) is 12.2 Å². The Morgan fingerprint density at radius 1 is 1.17 bits per heavy atom. The van der Waals surface area contributed by atoms with Gasteiger partial charge in [0.1, 0.15) is 5.69 Å². The van der Waals surface area contributed by atoms with E-state index in [0.717, 1.165) is 17.1 Å². The lowest BCUT2D eigenvalue weighted by Gasteiger charge is -2.32. The van der Waals surface area contributed by atoms with E-state index in [1.807, 2.05) is 32.9 Å². The van der Waals surface area contributed by atoms with Gasteiger partial charge in [-0.1, -0.05) is 11.6 Å². The number of carbonyl (C=O) groups is 2. The largest absolute Gasteiger partial charge is 0.305 e. The number of pyridine rings is 1. The molecule has 0 saturated heterocycles. The molecule has 30 heavy (non-hydrogen) atoms. The number of benzene rings is 1. The third-order valence-corrected chi connectivity index (χ3v) is 5.33. The summed E-state index contributed by atoms with van der Waals surface area (Å²) in [5.41, 5.74) is 4.07. The van der Waals surface area contributed by atoms with Crippen molar-refractivity contribution in [3.05, 3.63) is 75.8 Å². The monoisotopic (exact) mass is 442 g/mol. The second-order valence-corrected chi connectivity index (χ2v) is 7.88. The number of hydrogen-bond acceptors (Lipinski definition) is 4. The van der Waals surface area contributed by atoms with E-state index in [2.05, 4.69) is 10.1 Å². The number of amides is 1. The van der Waals surface area contributed by atoms with Crippen molar-refractivity contribution in [3.63, 3.8) is 0 Å². The minimum absolute atomic E-state index is 0. The summed E-state index contributed by atoms with van der Waals surface area (Å²) >= 11 is 5.98. The van der Waals surface area contributed by atoms with Gasteiger partial charge in [-0.3, -0.25) is 19.3 Å². The number of halogens is 1. The first kappa shape index (κ1) is 22.1. The van der Waals surface area contributed by atoms with Gasteiger partial charge in [0.25, 0.3) is 5.91 Å². The van der Waals surface area contributed by atoms with Crippen LogP contribution in [0.5, 0.6) is 0 Å². The molecule has 0 fully saturated rings. The molecule has 8 heteroatoms. The number of ketones is 1. The summed E-state index contributed by atoms with van der Waals surface area (Å²) in [5.74, 6) is -0.216. The molecular weight excluding hydrogens is 420 g/mol. The summed E-state index contributed by atoms with van der Waals surface area (Å²) in [5, 5.41) is 5.01. The second kappa shape index (κ2) is 8.62. The molecule has 0 radical (unpaired) electrons. The molecule has 0 N–H and O–H groups in total. The summed E-state index contributed by atoms with van der Waals surface area (Å²) in [7, 11) is 0. The summed E-state index contributed by atoms with van der Waals surface area (Å²) in [6, 6.07) is 10.7. The molecule has 3 aromatic rings. The van der Waals surface area contributed by atoms with Crippen LogP contribution in [0.2, 0.25) is 5.02 Å². The molecule has 156 valence electrons. The van der Waals surface area contributed by atoms with Crippen LogP contribution in [0, 0.1) is 13.8 Å². The maximum atomic E-state index is 13.3. The highest BCUT2D eigenvalue weighted by Crippen LogP contribution is 2.29. The Labute approximate surface area is 187 Å². The summed E-state index contributed by atoms with van der Waals surface area (Å²) < 4.78 is 1.72. The molecule has 1 amide bonds. The van der Waals surface area contributed by atoms with E-state index in [9.17, 15) is 9.59 Å². The molecule has 2 aromatic heterocycles. The minimum Gasteiger partial charge on any atom is -0.305 e. The van der Waals surface area contributed by atoms with E-state index >= 15 is 0 Å². The Kier molecular flexibility index (Phi) is 6.33. The van der Waals surface area contributed by atoms with Crippen molar-refractivity contribution in [1.82, 2.24) is 14.8 Å². The first-order valence-corrected chi connectivity index (χ1v) is 9.83. The number of aromatic nitrogens is 3. The quantitative estimate of drug-likeness (QED) is 0.564. The summed E-state index contributed by atoms with van der Waals surface area (Å²) in [4.78, 5) is 32.2. The van der Waals surface area contributed by atoms with Gasteiger partial charge in [-0.15, -0.1) is 0 Å². The predicted octanol–water partition coefficient (Wildman–Crippen LogP) is 4.31. The third kappa shape index (κ3) is 4.13. The van der Waals surface area contributed by atoms with Gasteiger partial charge in [-0.05, 0) is 57.2 Å². The highest BCUT2D eigenvalue weighted by atomic mass is 35.5. The van der Waals surface area contributed by atoms with E-state index in [1.165, 1.54) is 0 Å². The fraction of sp³-hybridized carbons (Fsp3) is 0.273. The van der Waals surface area contributed by atoms with Crippen LogP contribution in [0.1, 0.15) is 50.8 Å². The zero-order chi connectivity index (χ0) is 20.7. The Hall–Kier alpha value is -2.64. The van der Waals surface area contributed by atoms with Crippen LogP contribution >= 0.6 is 25.1 Å². The van der Waals surface area contributed by atoms with Gasteiger partial charge in [0, 0.05) is 46.2 Å². The number of carbonyl (C=O) groups excluding carboxylic acids is 2. The highest BCUT2D eigenvalue weighted by Gasteiger charge is 2.33. The number of fused-ring (bicyclic) bond motifs is 1. The van der Waals surface area contributed by atoms with Gasteiger partial charge in [-0.25, -0.2) is 0 Å². The maximum absolute atomic E-state index is 13.3. The van der Waals surface area contributed by atoms with E-state index in [1.54, 1.807) is 40.0 Å². The molecular formula is C22H23ClN4O2S. The molecule has 6 nitrogen and oxygen atoms in total. The van der Waals surface area contributed by atoms with Crippen molar-refractivity contribution in [3.8, 4) is 0 Å². The Bertz CT molecular complexity index is 1090. The number of aryl methyl sites for hydroxylation is 2. The average Bonchev–Trinajstić information content (AvgIpc) is 3.09. The van der Waals surface area contributed by atoms with Crippen LogP contribution in [0.3, 0.4) is 0 Å². The van der Waals surface area contributed by atoms with E-state index in [4.69, 9.17) is 11.6 Å². The van der Waals surface area contributed by atoms with Gasteiger partial charge in [0.15, 0.2) is 5.78 Å². The molecule has 1 atom stereocenters. The van der Waals surface area contributed by atoms with Crippen molar-refractivity contribution >= 4 is 42.5 Å². The Morgan fingerprint density at radius 3 is 2.43 bits per heavy atom. The van der Waals surface area contributed by atoms with Crippen molar-refractivity contribution in [2.75, 3.05) is 11.4 Å². The van der Waals surface area contributed by atoms with Crippen LogP contribution in [0.4, 0.5) is 5.69 Å². The molecule has 0 aliphatic carbocycles. The first-order valence-electron chi connectivity index (χ1n) is 9.46. The summed E-state index contributed by atoms with van der Waals surface area (Å²) in [6.45, 7) is 6.24. The fourth-order valence-corrected chi connectivity index (χ4v) is 3.89. The van der Waals surface area contributed by atoms with Crippen LogP contribution in [0.15, 0.2) is 42.6 Å². The van der Waals surface area contributed by atoms with Crippen molar-refractivity contribution in [2.24, 2.45) is 0 Å². The van der Waals surface area contributed by atoms with Gasteiger partial charge in [-0.2, -0.15) is 18.6 Å². The Morgan fingerprint density at radius 2 is 1.80 bits per heavy atom. The smallest absolute Gasteiger partial charge is 0.276 e. The van der Waals surface area contributed by atoms with E-state index in [0.29, 0.717) is 28.4 Å². The van der Waals surface area contributed by atoms with E-state index in [-0.39, 0.29) is 37.6 Å². The topological polar surface area (TPSA) is 68.1 Å². The predicted molar refractivity (Wildman–Crippen MR) is 122 cm³/mol. The second-order valence-electron chi connectivity index (χ2n) is 7.44. The lowest BCUT2D eigenvalue weighted by Crippen LogP contribution is -2.43. The van der Waals surface area contributed by atoms with Crippen LogP contribution in [-0.4, -0.2) is 33.0 Å². The zero-order valence-electron chi connectivity index (χ0n) is 17.0. The number of hydrogen-bond donors (Lipinski definition) is 0. The average molecular weight is 443 g/mol. The molecule has 1 aliphatic heterocycles.